The Morgan fingerprint density at radius 3 is 3.00 bits per heavy atom. The number of rotatable bonds is 4. The highest BCUT2D eigenvalue weighted by atomic mass is 16.3. The molecule has 68 valence electrons. The second-order valence-electron chi connectivity index (χ2n) is 2.87. The lowest BCUT2D eigenvalue weighted by atomic mass is 10.2. The van der Waals surface area contributed by atoms with Crippen LogP contribution in [0.15, 0.2) is 12.4 Å². The van der Waals surface area contributed by atoms with Crippen LogP contribution >= 0.6 is 0 Å². The Hall–Kier alpha value is -0.870. The maximum absolute atomic E-state index is 9.43. The summed E-state index contributed by atoms with van der Waals surface area (Å²) in [7, 11) is 3.75. The quantitative estimate of drug-likeness (QED) is 0.641. The fourth-order valence-electron chi connectivity index (χ4n) is 1.11. The zero-order valence-corrected chi connectivity index (χ0v) is 7.49. The Morgan fingerprint density at radius 1 is 1.75 bits per heavy atom. The molecule has 0 saturated heterocycles. The average Bonchev–Trinajstić information content (AvgIpc) is 2.37. The SMILES string of the molecule is CNCC(O)Cc1nccn1C. The van der Waals surface area contributed by atoms with E-state index in [2.05, 4.69) is 10.3 Å². The highest BCUT2D eigenvalue weighted by molar-refractivity contribution is 4.93. The number of likely N-dealkylation sites (N-methyl/N-ethyl adjacent to an activating group) is 1. The smallest absolute Gasteiger partial charge is 0.111 e. The molecule has 2 N–H and O–H groups in total. The zero-order chi connectivity index (χ0) is 8.97. The second kappa shape index (κ2) is 4.23. The highest BCUT2D eigenvalue weighted by Crippen LogP contribution is 1.98. The number of nitrogens with one attached hydrogen (secondary N) is 1. The molecule has 1 aromatic rings. The third-order valence-electron chi connectivity index (χ3n) is 1.78. The summed E-state index contributed by atoms with van der Waals surface area (Å²) in [5.41, 5.74) is 0. The van der Waals surface area contributed by atoms with E-state index in [1.165, 1.54) is 0 Å². The van der Waals surface area contributed by atoms with Gasteiger partial charge >= 0.3 is 0 Å². The van der Waals surface area contributed by atoms with Crippen molar-refractivity contribution in [2.75, 3.05) is 13.6 Å². The van der Waals surface area contributed by atoms with E-state index in [1.807, 2.05) is 24.9 Å². The van der Waals surface area contributed by atoms with Crippen molar-refractivity contribution in [2.45, 2.75) is 12.5 Å². The Kier molecular flexibility index (Phi) is 3.25. The molecule has 0 aliphatic carbocycles. The van der Waals surface area contributed by atoms with E-state index in [9.17, 15) is 5.11 Å². The molecule has 0 aliphatic heterocycles. The largest absolute Gasteiger partial charge is 0.391 e. The number of hydrogen-bond acceptors (Lipinski definition) is 3. The van der Waals surface area contributed by atoms with Gasteiger partial charge in [0, 0.05) is 32.4 Å². The number of hydrogen-bond donors (Lipinski definition) is 2. The van der Waals surface area contributed by atoms with Gasteiger partial charge in [-0.05, 0) is 7.05 Å². The standard InChI is InChI=1S/C8H15N3O/c1-9-6-7(12)5-8-10-3-4-11(8)2/h3-4,7,9,12H,5-6H2,1-2H3. The van der Waals surface area contributed by atoms with Crippen molar-refractivity contribution in [2.24, 2.45) is 7.05 Å². The first-order chi connectivity index (χ1) is 5.74. The fraction of sp³-hybridized carbons (Fsp3) is 0.625. The van der Waals surface area contributed by atoms with Gasteiger partial charge in [0.2, 0.25) is 0 Å². The van der Waals surface area contributed by atoms with Crippen LogP contribution < -0.4 is 5.32 Å². The molecule has 0 radical (unpaired) electrons. The Bertz CT molecular complexity index is 234. The summed E-state index contributed by atoms with van der Waals surface area (Å²) < 4.78 is 1.92. The molecule has 0 fully saturated rings. The minimum atomic E-state index is -0.351. The number of aliphatic hydroxyl groups is 1. The molecule has 0 aliphatic rings. The van der Waals surface area contributed by atoms with Crippen LogP contribution in [0.4, 0.5) is 0 Å². The van der Waals surface area contributed by atoms with Gasteiger partial charge in [-0.15, -0.1) is 0 Å². The maximum atomic E-state index is 9.43. The minimum absolute atomic E-state index is 0.351. The first-order valence-electron chi connectivity index (χ1n) is 4.03. The van der Waals surface area contributed by atoms with Crippen molar-refractivity contribution in [3.05, 3.63) is 18.2 Å². The molecule has 1 aromatic heterocycles. The van der Waals surface area contributed by atoms with Crippen LogP contribution in [0.1, 0.15) is 5.82 Å². The molecule has 4 heteroatoms. The molecule has 0 bridgehead atoms. The molecule has 1 heterocycles. The number of imidazole rings is 1. The van der Waals surface area contributed by atoms with Crippen LogP contribution in [0.2, 0.25) is 0 Å². The van der Waals surface area contributed by atoms with Crippen LogP contribution in [-0.4, -0.2) is 34.4 Å². The molecular weight excluding hydrogens is 154 g/mol. The van der Waals surface area contributed by atoms with Gasteiger partial charge in [0.25, 0.3) is 0 Å². The summed E-state index contributed by atoms with van der Waals surface area (Å²) in [5.74, 6) is 0.915. The molecule has 4 nitrogen and oxygen atoms in total. The van der Waals surface area contributed by atoms with E-state index in [1.54, 1.807) is 6.20 Å². The molecule has 12 heavy (non-hydrogen) atoms. The van der Waals surface area contributed by atoms with E-state index in [4.69, 9.17) is 0 Å². The van der Waals surface area contributed by atoms with Gasteiger partial charge in [-0.25, -0.2) is 4.98 Å². The van der Waals surface area contributed by atoms with E-state index < -0.39 is 0 Å². The van der Waals surface area contributed by atoms with E-state index in [-0.39, 0.29) is 6.10 Å². The van der Waals surface area contributed by atoms with Gasteiger partial charge in [-0.3, -0.25) is 0 Å². The lowest BCUT2D eigenvalue weighted by Crippen LogP contribution is -2.26. The van der Waals surface area contributed by atoms with Gasteiger partial charge in [0.05, 0.1) is 6.10 Å². The maximum Gasteiger partial charge on any atom is 0.111 e. The van der Waals surface area contributed by atoms with Gasteiger partial charge < -0.3 is 15.0 Å². The first kappa shape index (κ1) is 9.22. The predicted molar refractivity (Wildman–Crippen MR) is 46.8 cm³/mol. The average molecular weight is 169 g/mol. The van der Waals surface area contributed by atoms with Gasteiger partial charge in [0.1, 0.15) is 5.82 Å². The summed E-state index contributed by atoms with van der Waals surface area (Å²) >= 11 is 0. The monoisotopic (exact) mass is 169 g/mol. The fourth-order valence-corrected chi connectivity index (χ4v) is 1.11. The van der Waals surface area contributed by atoms with Crippen molar-refractivity contribution in [1.29, 1.82) is 0 Å². The normalized spacial score (nSPS) is 13.2. The molecule has 1 atom stereocenters. The van der Waals surface area contributed by atoms with Crippen molar-refractivity contribution in [3.8, 4) is 0 Å². The number of aryl methyl sites for hydroxylation is 1. The Morgan fingerprint density at radius 2 is 2.50 bits per heavy atom. The summed E-state index contributed by atoms with van der Waals surface area (Å²) in [5, 5.41) is 12.3. The first-order valence-corrected chi connectivity index (χ1v) is 4.03. The van der Waals surface area contributed by atoms with Crippen LogP contribution in [0.3, 0.4) is 0 Å². The number of nitrogens with zero attached hydrogens (tertiary/aromatic N) is 2. The van der Waals surface area contributed by atoms with Crippen LogP contribution in [-0.2, 0) is 13.5 Å². The van der Waals surface area contributed by atoms with Crippen LogP contribution in [0, 0.1) is 0 Å². The third kappa shape index (κ3) is 2.32. The third-order valence-corrected chi connectivity index (χ3v) is 1.78. The van der Waals surface area contributed by atoms with Crippen molar-refractivity contribution >= 4 is 0 Å². The molecule has 0 spiro atoms. The van der Waals surface area contributed by atoms with Crippen molar-refractivity contribution in [3.63, 3.8) is 0 Å². The molecule has 0 aromatic carbocycles. The minimum Gasteiger partial charge on any atom is -0.391 e. The van der Waals surface area contributed by atoms with Gasteiger partial charge in [-0.2, -0.15) is 0 Å². The van der Waals surface area contributed by atoms with Crippen LogP contribution in [0.25, 0.3) is 0 Å². The second-order valence-corrected chi connectivity index (χ2v) is 2.87. The highest BCUT2D eigenvalue weighted by Gasteiger charge is 2.06. The number of aliphatic hydroxyl groups excluding tert-OH is 1. The van der Waals surface area contributed by atoms with Crippen molar-refractivity contribution in [1.82, 2.24) is 14.9 Å². The molecule has 1 rings (SSSR count). The zero-order valence-electron chi connectivity index (χ0n) is 7.49. The molecule has 0 amide bonds. The molecular formula is C8H15N3O. The molecule has 0 saturated carbocycles. The lowest BCUT2D eigenvalue weighted by molar-refractivity contribution is 0.171. The topological polar surface area (TPSA) is 50.1 Å². The van der Waals surface area contributed by atoms with E-state index in [0.717, 1.165) is 5.82 Å². The van der Waals surface area contributed by atoms with Gasteiger partial charge in [0.15, 0.2) is 0 Å². The van der Waals surface area contributed by atoms with Crippen molar-refractivity contribution < 1.29 is 5.11 Å². The summed E-state index contributed by atoms with van der Waals surface area (Å²) in [6.45, 7) is 0.604. The predicted octanol–water partition coefficient (Wildman–Crippen LogP) is -0.457. The van der Waals surface area contributed by atoms with E-state index >= 15 is 0 Å². The summed E-state index contributed by atoms with van der Waals surface area (Å²) in [4.78, 5) is 4.11. The summed E-state index contributed by atoms with van der Waals surface area (Å²) in [6.07, 6.45) is 3.86. The summed E-state index contributed by atoms with van der Waals surface area (Å²) in [6, 6.07) is 0. The Labute approximate surface area is 72.2 Å². The van der Waals surface area contributed by atoms with Crippen LogP contribution in [0.5, 0.6) is 0 Å². The lowest BCUT2D eigenvalue weighted by Gasteiger charge is -2.08. The Balaban J connectivity index is 2.46. The number of aromatic nitrogens is 2. The van der Waals surface area contributed by atoms with E-state index in [0.29, 0.717) is 13.0 Å². The van der Waals surface area contributed by atoms with Gasteiger partial charge in [-0.1, -0.05) is 0 Å². The molecule has 1 unspecified atom stereocenters.